The fourth-order valence-corrected chi connectivity index (χ4v) is 6.28. The summed E-state index contributed by atoms with van der Waals surface area (Å²) in [5, 5.41) is 13.9. The van der Waals surface area contributed by atoms with Gasteiger partial charge in [-0.05, 0) is 37.1 Å². The first kappa shape index (κ1) is 27.1. The minimum absolute atomic E-state index is 0.0216. The Morgan fingerprint density at radius 2 is 1.62 bits per heavy atom. The summed E-state index contributed by atoms with van der Waals surface area (Å²) in [7, 11) is -3.46. The molecule has 202 valence electrons. The lowest BCUT2D eigenvalue weighted by molar-refractivity contribution is -0.388. The molecule has 2 aliphatic heterocycles. The van der Waals surface area contributed by atoms with Crippen molar-refractivity contribution in [3.8, 4) is 0 Å². The van der Waals surface area contributed by atoms with Crippen molar-refractivity contribution in [1.29, 1.82) is 0 Å². The van der Waals surface area contributed by atoms with Gasteiger partial charge in [0.2, 0.25) is 10.0 Å². The molecule has 0 aromatic heterocycles. The lowest BCUT2D eigenvalue weighted by Crippen LogP contribution is -2.49. The van der Waals surface area contributed by atoms with E-state index in [1.807, 2.05) is 18.2 Å². The number of benzene rings is 2. The largest absolute Gasteiger partial charge is 0.423 e. The van der Waals surface area contributed by atoms with Crippen molar-refractivity contribution in [2.75, 3.05) is 61.8 Å². The molecule has 0 atom stereocenters. The smallest absolute Gasteiger partial charge is 0.382 e. The molecule has 0 spiro atoms. The van der Waals surface area contributed by atoms with E-state index in [0.717, 1.165) is 44.0 Å². The van der Waals surface area contributed by atoms with Gasteiger partial charge in [0.05, 0.1) is 10.7 Å². The third-order valence-electron chi connectivity index (χ3n) is 6.88. The van der Waals surface area contributed by atoms with Crippen LogP contribution >= 0.6 is 0 Å². The molecule has 0 radical (unpaired) electrons. The highest BCUT2D eigenvalue weighted by atomic mass is 32.2. The molecule has 2 aliphatic rings. The number of sulfonamides is 1. The molecular weight excluding hydrogens is 511 g/mol. The number of hydrogen-bond acceptors (Lipinski definition) is 7. The summed E-state index contributed by atoms with van der Waals surface area (Å²) in [5.74, 6) is 0.0216. The molecule has 2 fully saturated rings. The van der Waals surface area contributed by atoms with Crippen LogP contribution in [0.25, 0.3) is 0 Å². The highest BCUT2D eigenvalue weighted by Gasteiger charge is 2.38. The standard InChI is InChI=1S/C24H30F3N5O4S/c25-24(26,27)22-18-20(6-7-23(22)32(33)34)28-19-8-10-31(11-9-19)37(35,36)17-16-29-12-14-30(15-13-29)21-4-2-1-3-5-21/h1-7,18-19,28H,8-17H2. The summed E-state index contributed by atoms with van der Waals surface area (Å²) in [6.07, 6.45) is -4.01. The summed E-state index contributed by atoms with van der Waals surface area (Å²) >= 11 is 0. The van der Waals surface area contributed by atoms with Crippen LogP contribution in [0.4, 0.5) is 30.2 Å². The number of hydrogen-bond donors (Lipinski definition) is 1. The van der Waals surface area contributed by atoms with Crippen LogP contribution in [0.2, 0.25) is 0 Å². The minimum Gasteiger partial charge on any atom is -0.382 e. The summed E-state index contributed by atoms with van der Waals surface area (Å²) in [5.41, 5.74) is -1.03. The van der Waals surface area contributed by atoms with E-state index in [1.54, 1.807) is 0 Å². The van der Waals surface area contributed by atoms with Gasteiger partial charge in [-0.25, -0.2) is 12.7 Å². The number of alkyl halides is 3. The van der Waals surface area contributed by atoms with Gasteiger partial charge >= 0.3 is 6.18 Å². The number of anilines is 2. The Labute approximate surface area is 214 Å². The average molecular weight is 542 g/mol. The van der Waals surface area contributed by atoms with Gasteiger partial charge in [-0.1, -0.05) is 18.2 Å². The molecule has 2 aromatic rings. The first-order valence-electron chi connectivity index (χ1n) is 12.2. The third-order valence-corrected chi connectivity index (χ3v) is 8.73. The molecule has 4 rings (SSSR count). The van der Waals surface area contributed by atoms with Crippen molar-refractivity contribution in [2.45, 2.75) is 25.1 Å². The maximum Gasteiger partial charge on any atom is 0.423 e. The maximum atomic E-state index is 13.2. The quantitative estimate of drug-likeness (QED) is 0.403. The Hall–Kier alpha value is -2.90. The topological polar surface area (TPSA) is 99.0 Å². The molecular formula is C24H30F3N5O4S. The van der Waals surface area contributed by atoms with Crippen LogP contribution in [0, 0.1) is 10.1 Å². The third kappa shape index (κ3) is 6.90. The molecule has 2 heterocycles. The van der Waals surface area contributed by atoms with Gasteiger partial charge in [-0.15, -0.1) is 0 Å². The van der Waals surface area contributed by atoms with Crippen LogP contribution in [0.5, 0.6) is 0 Å². The molecule has 0 saturated carbocycles. The molecule has 9 nitrogen and oxygen atoms in total. The predicted octanol–water partition coefficient (Wildman–Crippen LogP) is 3.64. The SMILES string of the molecule is O=[N+]([O-])c1ccc(NC2CCN(S(=O)(=O)CCN3CCN(c4ccccc4)CC3)CC2)cc1C(F)(F)F. The van der Waals surface area contributed by atoms with Crippen molar-refractivity contribution in [3.05, 3.63) is 64.2 Å². The number of nitro groups is 1. The number of halogens is 3. The highest BCUT2D eigenvalue weighted by molar-refractivity contribution is 7.89. The molecule has 0 amide bonds. The van der Waals surface area contributed by atoms with Crippen molar-refractivity contribution >= 4 is 27.1 Å². The van der Waals surface area contributed by atoms with Crippen LogP contribution in [0.3, 0.4) is 0 Å². The lowest BCUT2D eigenvalue weighted by Gasteiger charge is -2.37. The highest BCUT2D eigenvalue weighted by Crippen LogP contribution is 2.38. The molecule has 0 bridgehead atoms. The lowest BCUT2D eigenvalue weighted by atomic mass is 10.1. The van der Waals surface area contributed by atoms with Crippen molar-refractivity contribution < 1.29 is 26.5 Å². The summed E-state index contributed by atoms with van der Waals surface area (Å²) in [6, 6.07) is 12.7. The summed E-state index contributed by atoms with van der Waals surface area (Å²) in [6.45, 7) is 4.21. The summed E-state index contributed by atoms with van der Waals surface area (Å²) < 4.78 is 67.0. The fraction of sp³-hybridized carbons (Fsp3) is 0.500. The molecule has 2 saturated heterocycles. The molecule has 0 aliphatic carbocycles. The van der Waals surface area contributed by atoms with E-state index in [2.05, 4.69) is 27.2 Å². The number of nitrogens with zero attached hydrogens (tertiary/aromatic N) is 4. The number of nitrogens with one attached hydrogen (secondary N) is 1. The Balaban J connectivity index is 1.25. The van der Waals surface area contributed by atoms with E-state index in [0.29, 0.717) is 19.4 Å². The first-order chi connectivity index (χ1) is 17.5. The fourth-order valence-electron chi connectivity index (χ4n) is 4.77. The molecule has 2 aromatic carbocycles. The number of nitro benzene ring substituents is 1. The second-order valence-electron chi connectivity index (χ2n) is 9.28. The van der Waals surface area contributed by atoms with Gasteiger partial charge in [0.15, 0.2) is 0 Å². The van der Waals surface area contributed by atoms with E-state index in [1.165, 1.54) is 10.4 Å². The predicted molar refractivity (Wildman–Crippen MR) is 135 cm³/mol. The van der Waals surface area contributed by atoms with Crippen LogP contribution in [0.15, 0.2) is 48.5 Å². The Morgan fingerprint density at radius 1 is 0.973 bits per heavy atom. The van der Waals surface area contributed by atoms with Crippen molar-refractivity contribution in [2.24, 2.45) is 0 Å². The Morgan fingerprint density at radius 3 is 2.22 bits per heavy atom. The zero-order chi connectivity index (χ0) is 26.6. The molecule has 13 heteroatoms. The van der Waals surface area contributed by atoms with Gasteiger partial charge in [0.1, 0.15) is 5.56 Å². The van der Waals surface area contributed by atoms with E-state index >= 15 is 0 Å². The van der Waals surface area contributed by atoms with Crippen LogP contribution in [0.1, 0.15) is 18.4 Å². The zero-order valence-corrected chi connectivity index (χ0v) is 21.0. The van der Waals surface area contributed by atoms with Crippen LogP contribution < -0.4 is 10.2 Å². The van der Waals surface area contributed by atoms with E-state index in [4.69, 9.17) is 0 Å². The summed E-state index contributed by atoms with van der Waals surface area (Å²) in [4.78, 5) is 14.3. The van der Waals surface area contributed by atoms with Gasteiger partial charge in [-0.3, -0.25) is 15.0 Å². The van der Waals surface area contributed by atoms with Gasteiger partial charge in [-0.2, -0.15) is 13.2 Å². The van der Waals surface area contributed by atoms with Gasteiger partial charge < -0.3 is 10.2 Å². The normalized spacial score (nSPS) is 18.6. The van der Waals surface area contributed by atoms with E-state index in [-0.39, 0.29) is 30.6 Å². The average Bonchev–Trinajstić information content (AvgIpc) is 2.88. The van der Waals surface area contributed by atoms with Gasteiger partial charge in [0, 0.05) is 69.3 Å². The Bertz CT molecular complexity index is 1180. The molecule has 1 N–H and O–H groups in total. The van der Waals surface area contributed by atoms with Crippen molar-refractivity contribution in [3.63, 3.8) is 0 Å². The zero-order valence-electron chi connectivity index (χ0n) is 20.2. The minimum atomic E-state index is -4.86. The van der Waals surface area contributed by atoms with Gasteiger partial charge in [0.25, 0.3) is 5.69 Å². The second-order valence-corrected chi connectivity index (χ2v) is 11.4. The van der Waals surface area contributed by atoms with Crippen LogP contribution in [-0.2, 0) is 16.2 Å². The van der Waals surface area contributed by atoms with E-state index in [9.17, 15) is 31.7 Å². The van der Waals surface area contributed by atoms with Crippen molar-refractivity contribution in [1.82, 2.24) is 9.21 Å². The van der Waals surface area contributed by atoms with Crippen LogP contribution in [-0.4, -0.2) is 80.2 Å². The second kappa shape index (κ2) is 11.2. The number of piperidine rings is 1. The van der Waals surface area contributed by atoms with E-state index < -0.39 is 32.4 Å². The Kier molecular flexibility index (Phi) is 8.24. The number of piperazine rings is 1. The number of para-hydroxylation sites is 1. The maximum absolute atomic E-state index is 13.2. The monoisotopic (exact) mass is 541 g/mol. The molecule has 0 unspecified atom stereocenters. The number of rotatable bonds is 8. The molecule has 37 heavy (non-hydrogen) atoms. The first-order valence-corrected chi connectivity index (χ1v) is 13.8.